The van der Waals surface area contributed by atoms with Gasteiger partial charge < -0.3 is 4.74 Å². The van der Waals surface area contributed by atoms with Crippen LogP contribution in [0, 0.1) is 6.92 Å². The van der Waals surface area contributed by atoms with Gasteiger partial charge in [-0.15, -0.1) is 0 Å². The van der Waals surface area contributed by atoms with Crippen molar-refractivity contribution >= 4 is 15.9 Å². The Morgan fingerprint density at radius 3 is 2.67 bits per heavy atom. The highest BCUT2D eigenvalue weighted by atomic mass is 79.9. The number of pyridine rings is 1. The van der Waals surface area contributed by atoms with Gasteiger partial charge in [-0.3, -0.25) is 4.98 Å². The topological polar surface area (TPSA) is 22.1 Å². The van der Waals surface area contributed by atoms with Crippen molar-refractivity contribution in [2.45, 2.75) is 6.92 Å². The van der Waals surface area contributed by atoms with Crippen LogP contribution in [0.4, 0.5) is 0 Å². The molecule has 0 amide bonds. The summed E-state index contributed by atoms with van der Waals surface area (Å²) >= 11 is 3.39. The minimum atomic E-state index is 0.749. The Morgan fingerprint density at radius 2 is 2.00 bits per heavy atom. The summed E-state index contributed by atoms with van der Waals surface area (Å²) in [7, 11) is 0. The van der Waals surface area contributed by atoms with Crippen molar-refractivity contribution in [3.63, 3.8) is 0 Å². The Labute approximate surface area is 97.1 Å². The Morgan fingerprint density at radius 1 is 1.13 bits per heavy atom. The molecule has 15 heavy (non-hydrogen) atoms. The lowest BCUT2D eigenvalue weighted by Crippen LogP contribution is -1.86. The van der Waals surface area contributed by atoms with Gasteiger partial charge in [0.2, 0.25) is 0 Å². The predicted octanol–water partition coefficient (Wildman–Crippen LogP) is 3.94. The van der Waals surface area contributed by atoms with Gasteiger partial charge in [0, 0.05) is 10.2 Å². The van der Waals surface area contributed by atoms with E-state index in [1.165, 1.54) is 0 Å². The Balaban J connectivity index is 2.18. The van der Waals surface area contributed by atoms with Crippen LogP contribution in [0.5, 0.6) is 11.5 Å². The van der Waals surface area contributed by atoms with Gasteiger partial charge in [0.1, 0.15) is 11.5 Å². The first-order chi connectivity index (χ1) is 7.24. The molecule has 0 atom stereocenters. The van der Waals surface area contributed by atoms with E-state index >= 15 is 0 Å². The summed E-state index contributed by atoms with van der Waals surface area (Å²) in [5, 5.41) is 0. The molecule has 0 N–H and O–H groups in total. The zero-order valence-electron chi connectivity index (χ0n) is 8.27. The van der Waals surface area contributed by atoms with Crippen molar-refractivity contribution in [1.82, 2.24) is 4.98 Å². The van der Waals surface area contributed by atoms with E-state index in [4.69, 9.17) is 4.74 Å². The molecule has 0 aliphatic heterocycles. The lowest BCUT2D eigenvalue weighted by atomic mass is 10.3. The fourth-order valence-electron chi connectivity index (χ4n) is 1.18. The highest BCUT2D eigenvalue weighted by molar-refractivity contribution is 9.10. The van der Waals surface area contributed by atoms with Crippen LogP contribution in [0.15, 0.2) is 47.1 Å². The highest BCUT2D eigenvalue weighted by Crippen LogP contribution is 2.23. The molecule has 0 aliphatic carbocycles. The van der Waals surface area contributed by atoms with Gasteiger partial charge in [-0.1, -0.05) is 22.0 Å². The highest BCUT2D eigenvalue weighted by Gasteiger charge is 1.97. The number of aromatic nitrogens is 1. The summed E-state index contributed by atoms with van der Waals surface area (Å²) in [5.74, 6) is 1.55. The van der Waals surface area contributed by atoms with Crippen LogP contribution < -0.4 is 4.74 Å². The van der Waals surface area contributed by atoms with Gasteiger partial charge in [-0.05, 0) is 37.3 Å². The molecule has 1 aromatic heterocycles. The molecule has 2 rings (SSSR count). The molecule has 2 aromatic rings. The molecule has 0 fully saturated rings. The SMILES string of the molecule is Cc1ccc(Oc2cccc(Br)c2)cn1. The largest absolute Gasteiger partial charge is 0.456 e. The molecule has 0 bridgehead atoms. The average molecular weight is 264 g/mol. The number of hydrogen-bond acceptors (Lipinski definition) is 2. The molecular weight excluding hydrogens is 254 g/mol. The standard InChI is InChI=1S/C12H10BrNO/c1-9-5-6-12(8-14-9)15-11-4-2-3-10(13)7-11/h2-8H,1H3. The summed E-state index contributed by atoms with van der Waals surface area (Å²) in [4.78, 5) is 4.16. The van der Waals surface area contributed by atoms with Crippen LogP contribution in [-0.4, -0.2) is 4.98 Å². The van der Waals surface area contributed by atoms with E-state index in [0.717, 1.165) is 21.7 Å². The van der Waals surface area contributed by atoms with E-state index < -0.39 is 0 Å². The molecule has 0 saturated carbocycles. The number of hydrogen-bond donors (Lipinski definition) is 0. The quantitative estimate of drug-likeness (QED) is 0.819. The molecule has 2 nitrogen and oxygen atoms in total. The van der Waals surface area contributed by atoms with Gasteiger partial charge in [0.05, 0.1) is 6.20 Å². The number of aryl methyl sites for hydroxylation is 1. The first-order valence-corrected chi connectivity index (χ1v) is 5.39. The number of benzene rings is 1. The van der Waals surface area contributed by atoms with Gasteiger partial charge in [-0.25, -0.2) is 0 Å². The lowest BCUT2D eigenvalue weighted by molar-refractivity contribution is 0.479. The summed E-state index contributed by atoms with van der Waals surface area (Å²) < 4.78 is 6.62. The van der Waals surface area contributed by atoms with Crippen LogP contribution in [0.3, 0.4) is 0 Å². The van der Waals surface area contributed by atoms with Crippen LogP contribution in [0.2, 0.25) is 0 Å². The summed E-state index contributed by atoms with van der Waals surface area (Å²) in [6.07, 6.45) is 1.72. The van der Waals surface area contributed by atoms with Crippen molar-refractivity contribution in [1.29, 1.82) is 0 Å². The van der Waals surface area contributed by atoms with E-state index in [-0.39, 0.29) is 0 Å². The fraction of sp³-hybridized carbons (Fsp3) is 0.0833. The van der Waals surface area contributed by atoms with Crippen LogP contribution in [0.25, 0.3) is 0 Å². The zero-order valence-corrected chi connectivity index (χ0v) is 9.86. The molecule has 0 saturated heterocycles. The van der Waals surface area contributed by atoms with Gasteiger partial charge in [0.15, 0.2) is 0 Å². The second-order valence-corrected chi connectivity index (χ2v) is 4.11. The minimum Gasteiger partial charge on any atom is -0.456 e. The van der Waals surface area contributed by atoms with E-state index in [0.29, 0.717) is 0 Å². The maximum Gasteiger partial charge on any atom is 0.145 e. The maximum absolute atomic E-state index is 5.62. The van der Waals surface area contributed by atoms with Crippen LogP contribution >= 0.6 is 15.9 Å². The smallest absolute Gasteiger partial charge is 0.145 e. The monoisotopic (exact) mass is 263 g/mol. The summed E-state index contributed by atoms with van der Waals surface area (Å²) in [6.45, 7) is 1.95. The van der Waals surface area contributed by atoms with E-state index in [2.05, 4.69) is 20.9 Å². The molecule has 0 aliphatic rings. The molecule has 3 heteroatoms. The number of ether oxygens (including phenoxy) is 1. The van der Waals surface area contributed by atoms with Crippen molar-refractivity contribution in [3.8, 4) is 11.5 Å². The summed E-state index contributed by atoms with van der Waals surface area (Å²) in [6, 6.07) is 11.5. The van der Waals surface area contributed by atoms with Gasteiger partial charge in [-0.2, -0.15) is 0 Å². The van der Waals surface area contributed by atoms with Crippen LogP contribution in [-0.2, 0) is 0 Å². The third kappa shape index (κ3) is 2.80. The first kappa shape index (κ1) is 10.2. The number of nitrogens with zero attached hydrogens (tertiary/aromatic N) is 1. The normalized spacial score (nSPS) is 10.0. The van der Waals surface area contributed by atoms with Crippen molar-refractivity contribution in [2.75, 3.05) is 0 Å². The van der Waals surface area contributed by atoms with Crippen molar-refractivity contribution in [3.05, 3.63) is 52.8 Å². The molecule has 1 heterocycles. The maximum atomic E-state index is 5.62. The second kappa shape index (κ2) is 4.45. The van der Waals surface area contributed by atoms with Gasteiger partial charge >= 0.3 is 0 Å². The Hall–Kier alpha value is -1.35. The number of halogens is 1. The Kier molecular flexibility index (Phi) is 3.02. The zero-order chi connectivity index (χ0) is 10.7. The first-order valence-electron chi connectivity index (χ1n) is 4.60. The second-order valence-electron chi connectivity index (χ2n) is 3.19. The molecule has 0 unspecified atom stereocenters. The number of rotatable bonds is 2. The molecule has 0 spiro atoms. The molecule has 0 radical (unpaired) electrons. The molecule has 1 aromatic carbocycles. The minimum absolute atomic E-state index is 0.749. The predicted molar refractivity (Wildman–Crippen MR) is 63.2 cm³/mol. The van der Waals surface area contributed by atoms with E-state index in [1.807, 2.05) is 43.3 Å². The Bertz CT molecular complexity index is 453. The summed E-state index contributed by atoms with van der Waals surface area (Å²) in [5.41, 5.74) is 0.983. The average Bonchev–Trinajstić information content (AvgIpc) is 2.22. The lowest BCUT2D eigenvalue weighted by Gasteiger charge is -2.05. The van der Waals surface area contributed by atoms with Crippen molar-refractivity contribution < 1.29 is 4.74 Å². The fourth-order valence-corrected chi connectivity index (χ4v) is 1.56. The third-order valence-corrected chi connectivity index (χ3v) is 2.41. The van der Waals surface area contributed by atoms with E-state index in [1.54, 1.807) is 6.20 Å². The van der Waals surface area contributed by atoms with Gasteiger partial charge in [0.25, 0.3) is 0 Å². The molecule has 76 valence electrons. The van der Waals surface area contributed by atoms with Crippen molar-refractivity contribution in [2.24, 2.45) is 0 Å². The van der Waals surface area contributed by atoms with Crippen LogP contribution in [0.1, 0.15) is 5.69 Å². The third-order valence-electron chi connectivity index (χ3n) is 1.92. The van der Waals surface area contributed by atoms with E-state index in [9.17, 15) is 0 Å². The molecular formula is C12H10BrNO.